The molecule has 0 unspecified atom stereocenters. The summed E-state index contributed by atoms with van der Waals surface area (Å²) < 4.78 is 5.43. The largest absolute Gasteiger partial charge is 0.444 e. The quantitative estimate of drug-likeness (QED) is 0.573. The third kappa shape index (κ3) is 7.28. The number of hydrogen-bond donors (Lipinski definition) is 0. The molecule has 0 bridgehead atoms. The van der Waals surface area contributed by atoms with E-state index in [0.717, 1.165) is 18.6 Å². The Hall–Kier alpha value is -1.69. The van der Waals surface area contributed by atoms with Crippen molar-refractivity contribution in [1.82, 2.24) is 9.80 Å². The fourth-order valence-electron chi connectivity index (χ4n) is 2.76. The van der Waals surface area contributed by atoms with Gasteiger partial charge in [0.1, 0.15) is 5.60 Å². The molecular formula is C20H30N2O3S. The Morgan fingerprint density at radius 1 is 1.04 bits per heavy atom. The van der Waals surface area contributed by atoms with Crippen LogP contribution in [0.1, 0.15) is 40.0 Å². The van der Waals surface area contributed by atoms with Crippen molar-refractivity contribution < 1.29 is 14.3 Å². The highest BCUT2D eigenvalue weighted by molar-refractivity contribution is 7.99. The number of rotatable bonds is 5. The first-order valence-electron chi connectivity index (χ1n) is 9.29. The van der Waals surface area contributed by atoms with E-state index in [2.05, 4.69) is 12.1 Å². The summed E-state index contributed by atoms with van der Waals surface area (Å²) in [6.07, 6.45) is 1.94. The van der Waals surface area contributed by atoms with Crippen LogP contribution in [0.5, 0.6) is 0 Å². The first-order valence-corrected chi connectivity index (χ1v) is 10.3. The Morgan fingerprint density at radius 2 is 1.69 bits per heavy atom. The zero-order chi connectivity index (χ0) is 19.0. The molecule has 1 aliphatic heterocycles. The molecule has 144 valence electrons. The van der Waals surface area contributed by atoms with Gasteiger partial charge < -0.3 is 14.5 Å². The number of carbonyl (C=O) groups excluding carboxylic acids is 2. The molecule has 0 N–H and O–H groups in total. The van der Waals surface area contributed by atoms with Crippen molar-refractivity contribution >= 4 is 23.8 Å². The molecule has 1 aliphatic rings. The molecule has 1 saturated heterocycles. The molecule has 1 aromatic carbocycles. The van der Waals surface area contributed by atoms with E-state index < -0.39 is 5.60 Å². The van der Waals surface area contributed by atoms with E-state index in [-0.39, 0.29) is 12.0 Å². The summed E-state index contributed by atoms with van der Waals surface area (Å²) in [5.41, 5.74) is -0.491. The van der Waals surface area contributed by atoms with Gasteiger partial charge in [-0.3, -0.25) is 4.79 Å². The lowest BCUT2D eigenvalue weighted by Gasteiger charge is -2.26. The topological polar surface area (TPSA) is 49.9 Å². The van der Waals surface area contributed by atoms with E-state index in [1.165, 1.54) is 4.90 Å². The van der Waals surface area contributed by atoms with Crippen LogP contribution in [0.4, 0.5) is 4.79 Å². The maximum Gasteiger partial charge on any atom is 0.410 e. The summed E-state index contributed by atoms with van der Waals surface area (Å²) in [4.78, 5) is 29.5. The molecule has 0 atom stereocenters. The molecular weight excluding hydrogens is 348 g/mol. The molecule has 0 saturated carbocycles. The zero-order valence-corrected chi connectivity index (χ0v) is 16.9. The van der Waals surface area contributed by atoms with Crippen LogP contribution in [-0.4, -0.2) is 59.3 Å². The summed E-state index contributed by atoms with van der Waals surface area (Å²) in [6, 6.07) is 10.2. The molecule has 0 spiro atoms. The second kappa shape index (κ2) is 9.86. The zero-order valence-electron chi connectivity index (χ0n) is 16.1. The summed E-state index contributed by atoms with van der Waals surface area (Å²) in [7, 11) is 0. The normalized spacial score (nSPS) is 15.5. The number of thioether (sulfide) groups is 1. The second-order valence-corrected chi connectivity index (χ2v) is 8.64. The molecule has 26 heavy (non-hydrogen) atoms. The van der Waals surface area contributed by atoms with Gasteiger partial charge in [0.05, 0.1) is 0 Å². The van der Waals surface area contributed by atoms with Gasteiger partial charge in [0.25, 0.3) is 0 Å². The third-order valence-electron chi connectivity index (χ3n) is 4.05. The predicted molar refractivity (Wildman–Crippen MR) is 105 cm³/mol. The minimum atomic E-state index is -0.491. The van der Waals surface area contributed by atoms with E-state index in [9.17, 15) is 9.59 Å². The Labute approximate surface area is 161 Å². The number of hydrogen-bond acceptors (Lipinski definition) is 4. The summed E-state index contributed by atoms with van der Waals surface area (Å²) in [5.74, 6) is 1.12. The van der Waals surface area contributed by atoms with Gasteiger partial charge in [0.15, 0.2) is 0 Å². The molecule has 5 nitrogen and oxygen atoms in total. The highest BCUT2D eigenvalue weighted by atomic mass is 32.2. The van der Waals surface area contributed by atoms with Gasteiger partial charge >= 0.3 is 6.09 Å². The Balaban J connectivity index is 1.70. The van der Waals surface area contributed by atoms with Crippen LogP contribution in [-0.2, 0) is 9.53 Å². The van der Waals surface area contributed by atoms with Gasteiger partial charge in [-0.2, -0.15) is 0 Å². The van der Waals surface area contributed by atoms with Crippen LogP contribution in [0.15, 0.2) is 35.2 Å². The molecule has 0 aliphatic carbocycles. The average molecular weight is 379 g/mol. The minimum Gasteiger partial charge on any atom is -0.444 e. The third-order valence-corrected chi connectivity index (χ3v) is 5.15. The maximum atomic E-state index is 12.4. The van der Waals surface area contributed by atoms with Crippen LogP contribution in [0, 0.1) is 0 Å². The van der Waals surface area contributed by atoms with Crippen molar-refractivity contribution in [3.63, 3.8) is 0 Å². The summed E-state index contributed by atoms with van der Waals surface area (Å²) >= 11 is 1.78. The monoisotopic (exact) mass is 378 g/mol. The van der Waals surface area contributed by atoms with Crippen molar-refractivity contribution in [3.8, 4) is 0 Å². The SMILES string of the molecule is CC(C)(C)OC(=O)N1CCCN(C(=O)CCCSc2ccccc2)CC1. The first kappa shape index (κ1) is 20.6. The van der Waals surface area contributed by atoms with Crippen molar-refractivity contribution in [1.29, 1.82) is 0 Å². The molecule has 1 heterocycles. The lowest BCUT2D eigenvalue weighted by molar-refractivity contribution is -0.131. The van der Waals surface area contributed by atoms with Crippen LogP contribution < -0.4 is 0 Å². The van der Waals surface area contributed by atoms with E-state index >= 15 is 0 Å². The lowest BCUT2D eigenvalue weighted by atomic mass is 10.2. The number of carbonyl (C=O) groups is 2. The van der Waals surface area contributed by atoms with E-state index in [1.54, 1.807) is 16.7 Å². The van der Waals surface area contributed by atoms with Gasteiger partial charge in [-0.15, -0.1) is 11.8 Å². The highest BCUT2D eigenvalue weighted by Gasteiger charge is 2.25. The van der Waals surface area contributed by atoms with Crippen LogP contribution in [0.25, 0.3) is 0 Å². The van der Waals surface area contributed by atoms with Gasteiger partial charge in [0, 0.05) is 37.5 Å². The molecule has 0 aromatic heterocycles. The maximum absolute atomic E-state index is 12.4. The van der Waals surface area contributed by atoms with Crippen molar-refractivity contribution in [3.05, 3.63) is 30.3 Å². The summed E-state index contributed by atoms with van der Waals surface area (Å²) in [6.45, 7) is 8.08. The van der Waals surface area contributed by atoms with E-state index in [4.69, 9.17) is 4.74 Å². The Morgan fingerprint density at radius 3 is 2.38 bits per heavy atom. The van der Waals surface area contributed by atoms with Crippen molar-refractivity contribution in [2.75, 3.05) is 31.9 Å². The first-order chi connectivity index (χ1) is 12.3. The Bertz CT molecular complexity index is 586. The number of ether oxygens (including phenoxy) is 1. The number of amides is 2. The predicted octanol–water partition coefficient (Wildman–Crippen LogP) is 4.03. The smallest absolute Gasteiger partial charge is 0.410 e. The fraction of sp³-hybridized carbons (Fsp3) is 0.600. The standard InChI is InChI=1S/C20H30N2O3S/c1-20(2,3)25-19(24)22-13-8-12-21(14-15-22)18(23)11-7-16-26-17-9-5-4-6-10-17/h4-6,9-10H,7-8,11-16H2,1-3H3. The van der Waals surface area contributed by atoms with Crippen molar-refractivity contribution in [2.24, 2.45) is 0 Å². The van der Waals surface area contributed by atoms with Gasteiger partial charge in [-0.1, -0.05) is 18.2 Å². The second-order valence-electron chi connectivity index (χ2n) is 7.47. The molecule has 6 heteroatoms. The minimum absolute atomic E-state index is 0.185. The lowest BCUT2D eigenvalue weighted by Crippen LogP contribution is -2.40. The molecule has 2 rings (SSSR count). The van der Waals surface area contributed by atoms with Crippen LogP contribution >= 0.6 is 11.8 Å². The number of nitrogens with zero attached hydrogens (tertiary/aromatic N) is 2. The van der Waals surface area contributed by atoms with Crippen LogP contribution in [0.3, 0.4) is 0 Å². The molecule has 0 radical (unpaired) electrons. The van der Waals surface area contributed by atoms with E-state index in [0.29, 0.717) is 32.6 Å². The molecule has 1 aromatic rings. The molecule has 2 amide bonds. The number of benzene rings is 1. The van der Waals surface area contributed by atoms with Gasteiger partial charge in [0.2, 0.25) is 5.91 Å². The van der Waals surface area contributed by atoms with Crippen molar-refractivity contribution in [2.45, 2.75) is 50.5 Å². The van der Waals surface area contributed by atoms with Gasteiger partial charge in [-0.05, 0) is 51.5 Å². The van der Waals surface area contributed by atoms with Crippen LogP contribution in [0.2, 0.25) is 0 Å². The molecule has 1 fully saturated rings. The summed E-state index contributed by atoms with van der Waals surface area (Å²) in [5, 5.41) is 0. The average Bonchev–Trinajstić information content (AvgIpc) is 2.84. The highest BCUT2D eigenvalue weighted by Crippen LogP contribution is 2.19. The fourth-order valence-corrected chi connectivity index (χ4v) is 3.64. The van der Waals surface area contributed by atoms with Gasteiger partial charge in [-0.25, -0.2) is 4.79 Å². The Kier molecular flexibility index (Phi) is 7.82. The van der Waals surface area contributed by atoms with E-state index in [1.807, 2.05) is 43.9 Å².